The smallest absolute Gasteiger partial charge is 0.0738 e. The van der Waals surface area contributed by atoms with Crippen LogP contribution in [0.4, 0.5) is 0 Å². The Morgan fingerprint density at radius 1 is 1.33 bits per heavy atom. The molecule has 2 nitrogen and oxygen atoms in total. The molecule has 3 N–H and O–H groups in total. The second-order valence-electron chi connectivity index (χ2n) is 3.37. The fourth-order valence-corrected chi connectivity index (χ4v) is 1.87. The van der Waals surface area contributed by atoms with Gasteiger partial charge in [0.1, 0.15) is 0 Å². The Balaban J connectivity index is 2.32. The van der Waals surface area contributed by atoms with Crippen molar-refractivity contribution in [3.05, 3.63) is 36.0 Å². The average molecular weight is 163 g/mol. The van der Waals surface area contributed by atoms with Gasteiger partial charge in [-0.15, -0.1) is 0 Å². The van der Waals surface area contributed by atoms with Crippen LogP contribution in [-0.2, 0) is 0 Å². The Hall–Kier alpha value is -0.860. The molecule has 2 rings (SSSR count). The Labute approximate surface area is 72.1 Å². The fourth-order valence-electron chi connectivity index (χ4n) is 1.87. The number of fused-ring (bicyclic) bond motifs is 1. The van der Waals surface area contributed by atoms with E-state index in [1.807, 2.05) is 24.3 Å². The van der Waals surface area contributed by atoms with Gasteiger partial charge in [0.05, 0.1) is 12.1 Å². The summed E-state index contributed by atoms with van der Waals surface area (Å²) in [5.74, 6) is 0.352. The SMILES string of the molecule is N[C@@H]1C2=CC=CC=CC2C[C@@H]1O. The van der Waals surface area contributed by atoms with Crippen LogP contribution < -0.4 is 5.73 Å². The van der Waals surface area contributed by atoms with Crippen LogP contribution in [0.1, 0.15) is 6.42 Å². The first kappa shape index (κ1) is 7.77. The van der Waals surface area contributed by atoms with Gasteiger partial charge in [-0.3, -0.25) is 0 Å². The molecule has 12 heavy (non-hydrogen) atoms. The quantitative estimate of drug-likeness (QED) is 0.553. The second-order valence-corrected chi connectivity index (χ2v) is 3.37. The molecule has 0 spiro atoms. The number of hydrogen-bond donors (Lipinski definition) is 2. The number of allylic oxidation sites excluding steroid dienone is 5. The summed E-state index contributed by atoms with van der Waals surface area (Å²) in [6.07, 6.45) is 10.5. The van der Waals surface area contributed by atoms with E-state index >= 15 is 0 Å². The molecular formula is C10H13NO. The van der Waals surface area contributed by atoms with Crippen LogP contribution in [0, 0.1) is 5.92 Å². The highest BCUT2D eigenvalue weighted by molar-refractivity contribution is 5.33. The lowest BCUT2D eigenvalue weighted by atomic mass is 10.0. The molecular weight excluding hydrogens is 150 g/mol. The van der Waals surface area contributed by atoms with E-state index in [-0.39, 0.29) is 12.1 Å². The second kappa shape index (κ2) is 2.88. The van der Waals surface area contributed by atoms with Crippen molar-refractivity contribution in [1.82, 2.24) is 0 Å². The van der Waals surface area contributed by atoms with Crippen molar-refractivity contribution < 1.29 is 5.11 Å². The first-order chi connectivity index (χ1) is 5.79. The molecule has 0 bridgehead atoms. The lowest BCUT2D eigenvalue weighted by Crippen LogP contribution is -2.30. The van der Waals surface area contributed by atoms with Crippen LogP contribution in [0.5, 0.6) is 0 Å². The van der Waals surface area contributed by atoms with Crippen LogP contribution in [0.25, 0.3) is 0 Å². The van der Waals surface area contributed by atoms with Gasteiger partial charge in [0.25, 0.3) is 0 Å². The molecule has 1 unspecified atom stereocenters. The van der Waals surface area contributed by atoms with Crippen LogP contribution in [0.2, 0.25) is 0 Å². The number of aliphatic hydroxyl groups is 1. The van der Waals surface area contributed by atoms with Gasteiger partial charge >= 0.3 is 0 Å². The first-order valence-electron chi connectivity index (χ1n) is 4.27. The van der Waals surface area contributed by atoms with Crippen molar-refractivity contribution in [1.29, 1.82) is 0 Å². The van der Waals surface area contributed by atoms with Crippen molar-refractivity contribution >= 4 is 0 Å². The van der Waals surface area contributed by atoms with Crippen molar-refractivity contribution in [3.63, 3.8) is 0 Å². The molecule has 0 aromatic rings. The van der Waals surface area contributed by atoms with E-state index in [2.05, 4.69) is 6.08 Å². The maximum atomic E-state index is 9.50. The lowest BCUT2D eigenvalue weighted by Gasteiger charge is -2.09. The summed E-state index contributed by atoms with van der Waals surface area (Å²) < 4.78 is 0. The van der Waals surface area contributed by atoms with E-state index in [4.69, 9.17) is 5.73 Å². The van der Waals surface area contributed by atoms with E-state index in [0.29, 0.717) is 5.92 Å². The van der Waals surface area contributed by atoms with Gasteiger partial charge in [0.15, 0.2) is 0 Å². The van der Waals surface area contributed by atoms with Gasteiger partial charge in [0, 0.05) is 5.92 Å². The normalized spacial score (nSPS) is 39.2. The van der Waals surface area contributed by atoms with Crippen molar-refractivity contribution in [2.75, 3.05) is 0 Å². The Kier molecular flexibility index (Phi) is 1.87. The Morgan fingerprint density at radius 2 is 2.17 bits per heavy atom. The lowest BCUT2D eigenvalue weighted by molar-refractivity contribution is 0.166. The molecule has 0 amide bonds. The molecule has 0 aromatic heterocycles. The molecule has 2 heteroatoms. The largest absolute Gasteiger partial charge is 0.391 e. The molecule has 2 aliphatic carbocycles. The topological polar surface area (TPSA) is 46.2 Å². The third-order valence-electron chi connectivity index (χ3n) is 2.58. The maximum Gasteiger partial charge on any atom is 0.0738 e. The first-order valence-corrected chi connectivity index (χ1v) is 4.27. The molecule has 1 saturated carbocycles. The summed E-state index contributed by atoms with van der Waals surface area (Å²) in [6.45, 7) is 0. The Morgan fingerprint density at radius 3 is 3.00 bits per heavy atom. The number of aliphatic hydroxyl groups excluding tert-OH is 1. The molecule has 0 saturated heterocycles. The minimum Gasteiger partial charge on any atom is -0.391 e. The summed E-state index contributed by atoms with van der Waals surface area (Å²) >= 11 is 0. The highest BCUT2D eigenvalue weighted by Crippen LogP contribution is 2.32. The van der Waals surface area contributed by atoms with Crippen LogP contribution in [0.3, 0.4) is 0 Å². The van der Waals surface area contributed by atoms with Gasteiger partial charge in [-0.25, -0.2) is 0 Å². The Bertz CT molecular complexity index is 265. The molecule has 0 radical (unpaired) electrons. The van der Waals surface area contributed by atoms with Crippen molar-refractivity contribution in [3.8, 4) is 0 Å². The van der Waals surface area contributed by atoms with Gasteiger partial charge in [-0.05, 0) is 12.0 Å². The van der Waals surface area contributed by atoms with E-state index in [9.17, 15) is 5.11 Å². The number of rotatable bonds is 0. The van der Waals surface area contributed by atoms with Crippen LogP contribution >= 0.6 is 0 Å². The van der Waals surface area contributed by atoms with Crippen LogP contribution in [0.15, 0.2) is 36.0 Å². The zero-order chi connectivity index (χ0) is 8.55. The highest BCUT2D eigenvalue weighted by atomic mass is 16.3. The van der Waals surface area contributed by atoms with Crippen molar-refractivity contribution in [2.24, 2.45) is 11.7 Å². The minimum atomic E-state index is -0.364. The standard InChI is InChI=1S/C10H13NO/c11-10-8-5-3-1-2-4-7(8)6-9(10)12/h1-5,7,9-10,12H,6,11H2/t7?,9-,10+/m0/s1. The predicted octanol–water partition coefficient (Wildman–Crippen LogP) is 0.747. The highest BCUT2D eigenvalue weighted by Gasteiger charge is 2.33. The van der Waals surface area contributed by atoms with Crippen LogP contribution in [-0.4, -0.2) is 17.3 Å². The number of nitrogens with two attached hydrogens (primary N) is 1. The van der Waals surface area contributed by atoms with E-state index < -0.39 is 0 Å². The number of hydrogen-bond acceptors (Lipinski definition) is 2. The van der Waals surface area contributed by atoms with Gasteiger partial charge in [-0.1, -0.05) is 30.4 Å². The summed E-state index contributed by atoms with van der Waals surface area (Å²) in [7, 11) is 0. The van der Waals surface area contributed by atoms with Gasteiger partial charge in [0.2, 0.25) is 0 Å². The molecule has 3 atom stereocenters. The molecule has 64 valence electrons. The average Bonchev–Trinajstić information content (AvgIpc) is 2.30. The third kappa shape index (κ3) is 1.13. The molecule has 2 aliphatic rings. The van der Waals surface area contributed by atoms with Gasteiger partial charge < -0.3 is 10.8 Å². The van der Waals surface area contributed by atoms with E-state index in [1.165, 1.54) is 0 Å². The van der Waals surface area contributed by atoms with Crippen molar-refractivity contribution in [2.45, 2.75) is 18.6 Å². The van der Waals surface area contributed by atoms with Gasteiger partial charge in [-0.2, -0.15) is 0 Å². The monoisotopic (exact) mass is 163 g/mol. The third-order valence-corrected chi connectivity index (χ3v) is 2.58. The minimum absolute atomic E-state index is 0.164. The fraction of sp³-hybridized carbons (Fsp3) is 0.400. The summed E-state index contributed by atoms with van der Waals surface area (Å²) in [5, 5.41) is 9.50. The summed E-state index contributed by atoms with van der Waals surface area (Å²) in [4.78, 5) is 0. The zero-order valence-corrected chi connectivity index (χ0v) is 6.85. The molecule has 0 heterocycles. The van der Waals surface area contributed by atoms with E-state index in [1.54, 1.807) is 0 Å². The predicted molar refractivity (Wildman–Crippen MR) is 48.5 cm³/mol. The molecule has 0 aliphatic heterocycles. The molecule has 1 fully saturated rings. The zero-order valence-electron chi connectivity index (χ0n) is 6.85. The van der Waals surface area contributed by atoms with E-state index in [0.717, 1.165) is 12.0 Å². The summed E-state index contributed by atoms with van der Waals surface area (Å²) in [5.41, 5.74) is 6.98. The maximum absolute atomic E-state index is 9.50. The molecule has 0 aromatic carbocycles. The summed E-state index contributed by atoms with van der Waals surface area (Å²) in [6, 6.07) is -0.164.